The van der Waals surface area contributed by atoms with Gasteiger partial charge >= 0.3 is 5.69 Å². The first-order chi connectivity index (χ1) is 18.0. The number of aromatic amines is 1. The first-order valence-corrected chi connectivity index (χ1v) is 12.4. The smallest absolute Gasteiger partial charge is 0.332 e. The van der Waals surface area contributed by atoms with Gasteiger partial charge in [0.1, 0.15) is 17.1 Å². The Morgan fingerprint density at radius 2 is 1.59 bits per heavy atom. The van der Waals surface area contributed by atoms with E-state index in [9.17, 15) is 9.59 Å². The summed E-state index contributed by atoms with van der Waals surface area (Å²) in [7, 11) is 0. The lowest BCUT2D eigenvalue weighted by molar-refractivity contribution is 0.287. The molecule has 0 atom stereocenters. The van der Waals surface area contributed by atoms with E-state index in [4.69, 9.17) is 20.9 Å². The molecule has 0 aliphatic carbocycles. The van der Waals surface area contributed by atoms with Crippen molar-refractivity contribution < 1.29 is 9.26 Å². The maximum Gasteiger partial charge on any atom is 0.332 e. The molecule has 2 aromatic carbocycles. The van der Waals surface area contributed by atoms with Crippen molar-refractivity contribution in [3.8, 4) is 28.6 Å². The van der Waals surface area contributed by atoms with E-state index in [2.05, 4.69) is 20.1 Å². The fraction of sp³-hybridized carbons (Fsp3) is 0.269. The lowest BCUT2D eigenvalue weighted by Crippen LogP contribution is -2.40. The predicted octanol–water partition coefficient (Wildman–Crippen LogP) is 4.66. The van der Waals surface area contributed by atoms with Gasteiger partial charge < -0.3 is 14.2 Å². The summed E-state index contributed by atoms with van der Waals surface area (Å²) in [6.45, 7) is 4.87. The van der Waals surface area contributed by atoms with Gasteiger partial charge in [0.25, 0.3) is 11.4 Å². The SMILES string of the molecule is CCCn1c(=O)c2[nH]c(-c3ccc(OCc4noc(-c5ccc(Cl)cc5)n4)cc3)nc2n(CCC)c1=O. The van der Waals surface area contributed by atoms with E-state index in [1.807, 2.05) is 26.0 Å². The molecule has 0 amide bonds. The predicted molar refractivity (Wildman–Crippen MR) is 140 cm³/mol. The molecule has 0 aliphatic heterocycles. The first-order valence-electron chi connectivity index (χ1n) is 12.0. The third-order valence-corrected chi connectivity index (χ3v) is 6.06. The number of fused-ring (bicyclic) bond motifs is 1. The number of aryl methyl sites for hydroxylation is 1. The lowest BCUT2D eigenvalue weighted by atomic mass is 10.2. The van der Waals surface area contributed by atoms with Gasteiger partial charge in [-0.1, -0.05) is 30.6 Å². The Kier molecular flexibility index (Phi) is 6.91. The number of imidazole rings is 1. The van der Waals surface area contributed by atoms with Crippen LogP contribution in [-0.4, -0.2) is 29.2 Å². The van der Waals surface area contributed by atoms with Crippen LogP contribution in [0.5, 0.6) is 5.75 Å². The molecule has 190 valence electrons. The summed E-state index contributed by atoms with van der Waals surface area (Å²) in [5.74, 6) is 1.90. The Morgan fingerprint density at radius 1 is 0.919 bits per heavy atom. The fourth-order valence-electron chi connectivity index (χ4n) is 4.03. The molecule has 3 aromatic heterocycles. The molecule has 0 saturated heterocycles. The van der Waals surface area contributed by atoms with Gasteiger partial charge in [0.2, 0.25) is 5.82 Å². The minimum atomic E-state index is -0.356. The highest BCUT2D eigenvalue weighted by atomic mass is 35.5. The van der Waals surface area contributed by atoms with Crippen LogP contribution in [0.25, 0.3) is 34.0 Å². The third kappa shape index (κ3) is 4.92. The maximum absolute atomic E-state index is 13.0. The largest absolute Gasteiger partial charge is 0.485 e. The second kappa shape index (κ2) is 10.4. The van der Waals surface area contributed by atoms with Gasteiger partial charge in [0.15, 0.2) is 12.3 Å². The van der Waals surface area contributed by atoms with Gasteiger partial charge in [-0.3, -0.25) is 13.9 Å². The average molecular weight is 521 g/mol. The minimum Gasteiger partial charge on any atom is -0.485 e. The van der Waals surface area contributed by atoms with E-state index in [-0.39, 0.29) is 17.9 Å². The van der Waals surface area contributed by atoms with Crippen molar-refractivity contribution in [3.63, 3.8) is 0 Å². The molecule has 5 aromatic rings. The molecule has 0 saturated carbocycles. The van der Waals surface area contributed by atoms with E-state index in [1.54, 1.807) is 41.0 Å². The Labute approximate surface area is 216 Å². The van der Waals surface area contributed by atoms with Crippen LogP contribution in [0, 0.1) is 0 Å². The van der Waals surface area contributed by atoms with Crippen molar-refractivity contribution in [1.29, 1.82) is 0 Å². The quantitative estimate of drug-likeness (QED) is 0.300. The van der Waals surface area contributed by atoms with Gasteiger partial charge in [-0.05, 0) is 61.4 Å². The molecule has 0 fully saturated rings. The van der Waals surface area contributed by atoms with Crippen LogP contribution in [0.15, 0.2) is 62.6 Å². The van der Waals surface area contributed by atoms with Gasteiger partial charge in [0.05, 0.1) is 0 Å². The molecular formula is C26H25ClN6O4. The average Bonchev–Trinajstić information content (AvgIpc) is 3.57. The molecule has 0 radical (unpaired) electrons. The summed E-state index contributed by atoms with van der Waals surface area (Å²) >= 11 is 5.92. The van der Waals surface area contributed by atoms with Gasteiger partial charge in [0, 0.05) is 29.2 Å². The van der Waals surface area contributed by atoms with Crippen LogP contribution in [0.2, 0.25) is 5.02 Å². The van der Waals surface area contributed by atoms with Crippen LogP contribution < -0.4 is 16.0 Å². The number of nitrogens with zero attached hydrogens (tertiary/aromatic N) is 5. The molecule has 0 spiro atoms. The van der Waals surface area contributed by atoms with Crippen LogP contribution in [-0.2, 0) is 19.7 Å². The van der Waals surface area contributed by atoms with E-state index in [0.29, 0.717) is 59.0 Å². The molecular weight excluding hydrogens is 496 g/mol. The highest BCUT2D eigenvalue weighted by Gasteiger charge is 2.17. The summed E-state index contributed by atoms with van der Waals surface area (Å²) in [5, 5.41) is 4.59. The van der Waals surface area contributed by atoms with Crippen LogP contribution >= 0.6 is 11.6 Å². The topological polar surface area (TPSA) is 121 Å². The maximum atomic E-state index is 13.0. The van der Waals surface area contributed by atoms with E-state index in [0.717, 1.165) is 17.5 Å². The van der Waals surface area contributed by atoms with Gasteiger partial charge in [-0.25, -0.2) is 9.78 Å². The van der Waals surface area contributed by atoms with Crippen molar-refractivity contribution in [3.05, 3.63) is 80.2 Å². The van der Waals surface area contributed by atoms with Crippen LogP contribution in [0.4, 0.5) is 0 Å². The molecule has 5 rings (SSSR count). The fourth-order valence-corrected chi connectivity index (χ4v) is 4.15. The Bertz CT molecular complexity index is 1650. The zero-order valence-corrected chi connectivity index (χ0v) is 21.2. The van der Waals surface area contributed by atoms with Crippen molar-refractivity contribution in [2.45, 2.75) is 46.4 Å². The van der Waals surface area contributed by atoms with E-state index >= 15 is 0 Å². The highest BCUT2D eigenvalue weighted by Crippen LogP contribution is 2.23. The molecule has 0 aliphatic rings. The summed E-state index contributed by atoms with van der Waals surface area (Å²) < 4.78 is 13.9. The number of nitrogens with one attached hydrogen (secondary N) is 1. The normalized spacial score (nSPS) is 11.3. The molecule has 0 unspecified atom stereocenters. The second-order valence-corrected chi connectivity index (χ2v) is 8.95. The summed E-state index contributed by atoms with van der Waals surface area (Å²) in [4.78, 5) is 37.9. The zero-order valence-electron chi connectivity index (χ0n) is 20.4. The monoisotopic (exact) mass is 520 g/mol. The van der Waals surface area contributed by atoms with Crippen LogP contribution in [0.1, 0.15) is 32.5 Å². The first kappa shape index (κ1) is 24.5. The number of hydrogen-bond donors (Lipinski definition) is 1. The number of rotatable bonds is 9. The number of aromatic nitrogens is 6. The summed E-state index contributed by atoms with van der Waals surface area (Å²) in [5.41, 5.74) is 1.53. The van der Waals surface area contributed by atoms with Crippen molar-refractivity contribution >= 4 is 22.8 Å². The third-order valence-electron chi connectivity index (χ3n) is 5.81. The standard InChI is InChI=1S/C26H25ClN6O4/c1-3-13-32-23-21(25(34)33(14-4-2)26(32)35)29-22(30-23)16-7-11-19(12-8-16)36-15-20-28-24(37-31-20)17-5-9-18(27)10-6-17/h5-12H,3-4,13-15H2,1-2H3,(H,29,30). The van der Waals surface area contributed by atoms with Crippen molar-refractivity contribution in [1.82, 2.24) is 29.2 Å². The summed E-state index contributed by atoms with van der Waals surface area (Å²) in [6.07, 6.45) is 1.43. The Morgan fingerprint density at radius 3 is 2.30 bits per heavy atom. The number of ether oxygens (including phenoxy) is 1. The molecule has 0 bridgehead atoms. The second-order valence-electron chi connectivity index (χ2n) is 8.51. The number of H-pyrrole nitrogens is 1. The van der Waals surface area contributed by atoms with Crippen molar-refractivity contribution in [2.75, 3.05) is 0 Å². The number of hydrogen-bond acceptors (Lipinski definition) is 7. The Hall–Kier alpha value is -4.18. The van der Waals surface area contributed by atoms with Gasteiger partial charge in [-0.15, -0.1) is 0 Å². The molecule has 11 heteroatoms. The summed E-state index contributed by atoms with van der Waals surface area (Å²) in [6, 6.07) is 14.4. The minimum absolute atomic E-state index is 0.126. The molecule has 1 N–H and O–H groups in total. The number of benzene rings is 2. The van der Waals surface area contributed by atoms with Crippen molar-refractivity contribution in [2.24, 2.45) is 0 Å². The highest BCUT2D eigenvalue weighted by molar-refractivity contribution is 6.30. The Balaban J connectivity index is 1.35. The zero-order chi connectivity index (χ0) is 25.9. The molecule has 3 heterocycles. The van der Waals surface area contributed by atoms with E-state index < -0.39 is 0 Å². The molecule has 37 heavy (non-hydrogen) atoms. The van der Waals surface area contributed by atoms with Gasteiger partial charge in [-0.2, -0.15) is 4.98 Å². The lowest BCUT2D eigenvalue weighted by Gasteiger charge is -2.09. The number of halogens is 1. The van der Waals surface area contributed by atoms with Crippen LogP contribution in [0.3, 0.4) is 0 Å². The molecule has 10 nitrogen and oxygen atoms in total. The van der Waals surface area contributed by atoms with E-state index in [1.165, 1.54) is 4.57 Å².